The second-order valence-electron chi connectivity index (χ2n) is 3.36. The third-order valence-corrected chi connectivity index (χ3v) is 2.72. The van der Waals surface area contributed by atoms with Crippen LogP contribution in [-0.2, 0) is 4.74 Å². The Morgan fingerprint density at radius 1 is 1.40 bits per heavy atom. The van der Waals surface area contributed by atoms with Crippen molar-refractivity contribution in [1.29, 1.82) is 0 Å². The molecule has 1 atom stereocenters. The van der Waals surface area contributed by atoms with Crippen molar-refractivity contribution in [2.24, 2.45) is 0 Å². The van der Waals surface area contributed by atoms with E-state index in [4.69, 9.17) is 16.3 Å². The molecule has 0 radical (unpaired) electrons. The van der Waals surface area contributed by atoms with E-state index >= 15 is 0 Å². The first kappa shape index (κ1) is 12.5. The molecule has 0 aliphatic rings. The fourth-order valence-electron chi connectivity index (χ4n) is 1.49. The first-order valence-electron chi connectivity index (χ1n) is 5.17. The van der Waals surface area contributed by atoms with Gasteiger partial charge in [-0.15, -0.1) is 11.6 Å². The lowest BCUT2D eigenvalue weighted by Crippen LogP contribution is -2.07. The highest BCUT2D eigenvalue weighted by Gasteiger charge is 2.13. The van der Waals surface area contributed by atoms with Crippen LogP contribution in [0.4, 0.5) is 4.39 Å². The predicted molar refractivity (Wildman–Crippen MR) is 61.0 cm³/mol. The van der Waals surface area contributed by atoms with Gasteiger partial charge in [-0.25, -0.2) is 4.39 Å². The Hall–Kier alpha value is -0.600. The van der Waals surface area contributed by atoms with Crippen molar-refractivity contribution in [2.45, 2.75) is 19.3 Å². The van der Waals surface area contributed by atoms with E-state index in [1.54, 1.807) is 12.1 Å². The fourth-order valence-corrected chi connectivity index (χ4v) is 1.81. The highest BCUT2D eigenvalue weighted by atomic mass is 35.5. The molecule has 1 rings (SSSR count). The molecule has 0 amide bonds. The van der Waals surface area contributed by atoms with E-state index in [0.717, 1.165) is 6.42 Å². The number of ether oxygens (including phenoxy) is 1. The maximum atomic E-state index is 13.4. The second-order valence-corrected chi connectivity index (χ2v) is 3.67. The van der Waals surface area contributed by atoms with Crippen molar-refractivity contribution in [2.75, 3.05) is 19.1 Å². The first-order valence-corrected chi connectivity index (χ1v) is 5.71. The Morgan fingerprint density at radius 3 is 2.73 bits per heavy atom. The van der Waals surface area contributed by atoms with Crippen LogP contribution in [0.1, 0.15) is 24.8 Å². The Labute approximate surface area is 95.2 Å². The van der Waals surface area contributed by atoms with Gasteiger partial charge < -0.3 is 4.74 Å². The third kappa shape index (κ3) is 3.80. The van der Waals surface area contributed by atoms with Crippen molar-refractivity contribution in [3.05, 3.63) is 35.6 Å². The quantitative estimate of drug-likeness (QED) is 0.536. The molecule has 0 spiro atoms. The minimum atomic E-state index is -0.181. The van der Waals surface area contributed by atoms with E-state index in [0.29, 0.717) is 24.7 Å². The third-order valence-electron chi connectivity index (χ3n) is 2.35. The van der Waals surface area contributed by atoms with Gasteiger partial charge in [0.2, 0.25) is 0 Å². The van der Waals surface area contributed by atoms with Crippen molar-refractivity contribution >= 4 is 11.6 Å². The molecular weight excluding hydrogens is 215 g/mol. The second kappa shape index (κ2) is 6.81. The lowest BCUT2D eigenvalue weighted by molar-refractivity contribution is 0.140. The summed E-state index contributed by atoms with van der Waals surface area (Å²) in [6.45, 7) is 3.26. The van der Waals surface area contributed by atoms with Crippen molar-refractivity contribution in [1.82, 2.24) is 0 Å². The zero-order valence-electron chi connectivity index (χ0n) is 8.88. The van der Waals surface area contributed by atoms with E-state index in [-0.39, 0.29) is 11.7 Å². The molecule has 1 aromatic carbocycles. The summed E-state index contributed by atoms with van der Waals surface area (Å²) in [5.41, 5.74) is 0.687. The normalized spacial score (nSPS) is 12.7. The zero-order valence-corrected chi connectivity index (χ0v) is 9.64. The number of rotatable bonds is 6. The Morgan fingerprint density at radius 2 is 2.13 bits per heavy atom. The number of halogens is 2. The van der Waals surface area contributed by atoms with E-state index in [9.17, 15) is 4.39 Å². The monoisotopic (exact) mass is 230 g/mol. The minimum Gasteiger partial charge on any atom is -0.382 e. The Balaban J connectivity index is 2.61. The molecular formula is C12H16ClFO. The molecule has 0 heterocycles. The standard InChI is InChI=1S/C12H16ClFO/c1-2-15-8-7-10(9-13)11-5-3-4-6-12(11)14/h3-6,10H,2,7-9H2,1H3. The summed E-state index contributed by atoms with van der Waals surface area (Å²) >= 11 is 5.83. The molecule has 0 saturated carbocycles. The molecule has 3 heteroatoms. The average molecular weight is 231 g/mol. The van der Waals surface area contributed by atoms with Crippen LogP contribution in [0.3, 0.4) is 0 Å². The summed E-state index contributed by atoms with van der Waals surface area (Å²) < 4.78 is 18.7. The fraction of sp³-hybridized carbons (Fsp3) is 0.500. The number of benzene rings is 1. The molecule has 0 bridgehead atoms. The van der Waals surface area contributed by atoms with Gasteiger partial charge in [0.25, 0.3) is 0 Å². The molecule has 1 unspecified atom stereocenters. The summed E-state index contributed by atoms with van der Waals surface area (Å²) in [6, 6.07) is 6.77. The molecule has 0 N–H and O–H groups in total. The van der Waals surface area contributed by atoms with Gasteiger partial charge in [-0.1, -0.05) is 18.2 Å². The lowest BCUT2D eigenvalue weighted by Gasteiger charge is -2.14. The largest absolute Gasteiger partial charge is 0.382 e. The molecule has 1 nitrogen and oxygen atoms in total. The van der Waals surface area contributed by atoms with Crippen molar-refractivity contribution in [3.63, 3.8) is 0 Å². The van der Waals surface area contributed by atoms with Gasteiger partial charge in [0.1, 0.15) is 5.82 Å². The van der Waals surface area contributed by atoms with Crippen molar-refractivity contribution in [3.8, 4) is 0 Å². The summed E-state index contributed by atoms with van der Waals surface area (Å²) in [6.07, 6.45) is 0.762. The van der Waals surface area contributed by atoms with Crippen LogP contribution < -0.4 is 0 Å². The summed E-state index contributed by atoms with van der Waals surface area (Å²) in [5, 5.41) is 0. The smallest absolute Gasteiger partial charge is 0.126 e. The first-order chi connectivity index (χ1) is 7.29. The maximum absolute atomic E-state index is 13.4. The minimum absolute atomic E-state index is 0.0411. The van der Waals surface area contributed by atoms with Gasteiger partial charge in [0, 0.05) is 25.0 Å². The Bertz CT molecular complexity index is 291. The van der Waals surface area contributed by atoms with E-state index in [1.165, 1.54) is 6.07 Å². The maximum Gasteiger partial charge on any atom is 0.126 e. The van der Waals surface area contributed by atoms with Gasteiger partial charge in [-0.2, -0.15) is 0 Å². The highest BCUT2D eigenvalue weighted by Crippen LogP contribution is 2.23. The van der Waals surface area contributed by atoms with Crippen LogP contribution in [0.25, 0.3) is 0 Å². The van der Waals surface area contributed by atoms with Crippen LogP contribution in [0.15, 0.2) is 24.3 Å². The molecule has 84 valence electrons. The molecule has 15 heavy (non-hydrogen) atoms. The highest BCUT2D eigenvalue weighted by molar-refractivity contribution is 6.18. The molecule has 0 aromatic heterocycles. The van der Waals surface area contributed by atoms with Gasteiger partial charge in [-0.3, -0.25) is 0 Å². The summed E-state index contributed by atoms with van der Waals surface area (Å²) in [7, 11) is 0. The van der Waals surface area contributed by atoms with Gasteiger partial charge >= 0.3 is 0 Å². The number of hydrogen-bond donors (Lipinski definition) is 0. The lowest BCUT2D eigenvalue weighted by atomic mass is 9.97. The van der Waals surface area contributed by atoms with E-state index < -0.39 is 0 Å². The topological polar surface area (TPSA) is 9.23 Å². The SMILES string of the molecule is CCOCCC(CCl)c1ccccc1F. The van der Waals surface area contributed by atoms with Crippen LogP contribution in [-0.4, -0.2) is 19.1 Å². The van der Waals surface area contributed by atoms with Gasteiger partial charge in [0.05, 0.1) is 0 Å². The summed E-state index contributed by atoms with van der Waals surface area (Å²) in [5.74, 6) is 0.285. The van der Waals surface area contributed by atoms with Crippen LogP contribution in [0, 0.1) is 5.82 Å². The van der Waals surface area contributed by atoms with Gasteiger partial charge in [-0.05, 0) is 25.0 Å². The average Bonchev–Trinajstić information content (AvgIpc) is 2.26. The zero-order chi connectivity index (χ0) is 11.1. The molecule has 1 aromatic rings. The van der Waals surface area contributed by atoms with Crippen molar-refractivity contribution < 1.29 is 9.13 Å². The van der Waals surface area contributed by atoms with Crippen LogP contribution in [0.5, 0.6) is 0 Å². The molecule has 0 fully saturated rings. The molecule has 0 aliphatic carbocycles. The molecule has 0 saturated heterocycles. The number of hydrogen-bond acceptors (Lipinski definition) is 1. The van der Waals surface area contributed by atoms with E-state index in [1.807, 2.05) is 13.0 Å². The van der Waals surface area contributed by atoms with Gasteiger partial charge in [0.15, 0.2) is 0 Å². The van der Waals surface area contributed by atoms with Crippen LogP contribution in [0.2, 0.25) is 0 Å². The van der Waals surface area contributed by atoms with E-state index in [2.05, 4.69) is 0 Å². The molecule has 0 aliphatic heterocycles. The number of alkyl halides is 1. The summed E-state index contributed by atoms with van der Waals surface area (Å²) in [4.78, 5) is 0. The predicted octanol–water partition coefficient (Wildman–Crippen LogP) is 3.57. The van der Waals surface area contributed by atoms with Crippen LogP contribution >= 0.6 is 11.6 Å². The Kier molecular flexibility index (Phi) is 5.66.